The molecule has 15 heavy (non-hydrogen) atoms. The zero-order valence-corrected chi connectivity index (χ0v) is 11.6. The third-order valence-electron chi connectivity index (χ3n) is 3.74. The highest BCUT2D eigenvalue weighted by Crippen LogP contribution is 2.53. The van der Waals surface area contributed by atoms with Gasteiger partial charge < -0.3 is 5.32 Å². The van der Waals surface area contributed by atoms with Crippen LogP contribution in [0.2, 0.25) is 0 Å². The molecule has 0 bridgehead atoms. The molecular formula is C12H16BrNS. The van der Waals surface area contributed by atoms with Gasteiger partial charge in [0.25, 0.3) is 0 Å². The molecule has 2 aliphatic rings. The Kier molecular flexibility index (Phi) is 2.28. The molecule has 0 spiro atoms. The lowest BCUT2D eigenvalue weighted by Gasteiger charge is -2.19. The van der Waals surface area contributed by atoms with Gasteiger partial charge in [-0.3, -0.25) is 0 Å². The summed E-state index contributed by atoms with van der Waals surface area (Å²) >= 11 is 5.73. The Morgan fingerprint density at radius 3 is 3.07 bits per heavy atom. The summed E-state index contributed by atoms with van der Waals surface area (Å²) in [6.45, 7) is 7.09. The molecule has 1 nitrogen and oxygen atoms in total. The van der Waals surface area contributed by atoms with Gasteiger partial charge in [-0.1, -0.05) is 13.8 Å². The first-order chi connectivity index (χ1) is 7.09. The molecule has 1 aliphatic heterocycles. The van der Waals surface area contributed by atoms with Crippen molar-refractivity contribution in [3.05, 3.63) is 19.8 Å². The average molecular weight is 286 g/mol. The minimum atomic E-state index is 0.368. The lowest BCUT2D eigenvalue weighted by atomic mass is 9.87. The lowest BCUT2D eigenvalue weighted by molar-refractivity contribution is 0.461. The number of thiophene rings is 1. The first-order valence-corrected chi connectivity index (χ1v) is 7.23. The third-order valence-corrected chi connectivity index (χ3v) is 5.68. The minimum absolute atomic E-state index is 0.368. The van der Waals surface area contributed by atoms with Crippen LogP contribution in [-0.2, 0) is 11.8 Å². The van der Waals surface area contributed by atoms with Crippen molar-refractivity contribution in [3.63, 3.8) is 0 Å². The summed E-state index contributed by atoms with van der Waals surface area (Å²) in [6.07, 6.45) is 2.52. The normalized spacial score (nSPS) is 27.5. The van der Waals surface area contributed by atoms with Crippen molar-refractivity contribution in [1.82, 2.24) is 5.32 Å². The highest BCUT2D eigenvalue weighted by molar-refractivity contribution is 9.11. The largest absolute Gasteiger partial charge is 0.316 e. The monoisotopic (exact) mass is 285 g/mol. The van der Waals surface area contributed by atoms with Gasteiger partial charge >= 0.3 is 0 Å². The standard InChI is InChI=1S/C12H16BrNS/c1-12(2)5-7-6-14-4-3-8-9(7)10(12)11(13)15-8/h7,14H,3-6H2,1-2H3/t7-/m1/s1. The van der Waals surface area contributed by atoms with Crippen molar-refractivity contribution in [2.75, 3.05) is 13.1 Å². The fourth-order valence-corrected chi connectivity index (χ4v) is 5.80. The van der Waals surface area contributed by atoms with Crippen LogP contribution in [0.5, 0.6) is 0 Å². The Labute approximate surface area is 103 Å². The third kappa shape index (κ3) is 1.43. The summed E-state index contributed by atoms with van der Waals surface area (Å²) in [4.78, 5) is 1.62. The number of halogens is 1. The fourth-order valence-electron chi connectivity index (χ4n) is 3.18. The van der Waals surface area contributed by atoms with Gasteiger partial charge in [0.05, 0.1) is 3.79 Å². The molecule has 1 aromatic heterocycles. The van der Waals surface area contributed by atoms with Gasteiger partial charge in [-0.2, -0.15) is 0 Å². The Balaban J connectivity index is 2.21. The number of hydrogen-bond acceptors (Lipinski definition) is 2. The summed E-state index contributed by atoms with van der Waals surface area (Å²) < 4.78 is 1.39. The van der Waals surface area contributed by atoms with E-state index >= 15 is 0 Å². The van der Waals surface area contributed by atoms with Gasteiger partial charge in [-0.15, -0.1) is 11.3 Å². The molecule has 0 unspecified atom stereocenters. The topological polar surface area (TPSA) is 12.0 Å². The molecule has 0 saturated heterocycles. The van der Waals surface area contributed by atoms with Crippen molar-refractivity contribution in [2.24, 2.45) is 0 Å². The van der Waals surface area contributed by atoms with E-state index in [2.05, 4.69) is 35.1 Å². The van der Waals surface area contributed by atoms with E-state index in [-0.39, 0.29) is 0 Å². The van der Waals surface area contributed by atoms with Crippen molar-refractivity contribution < 1.29 is 0 Å². The van der Waals surface area contributed by atoms with Crippen LogP contribution < -0.4 is 5.32 Å². The predicted octanol–water partition coefficient (Wildman–Crippen LogP) is 3.42. The molecule has 3 rings (SSSR count). The highest BCUT2D eigenvalue weighted by Gasteiger charge is 2.41. The molecule has 2 heterocycles. The van der Waals surface area contributed by atoms with Crippen LogP contribution in [0.3, 0.4) is 0 Å². The zero-order chi connectivity index (χ0) is 10.6. The number of nitrogens with one attached hydrogen (secondary N) is 1. The van der Waals surface area contributed by atoms with Crippen LogP contribution in [0.4, 0.5) is 0 Å². The first kappa shape index (κ1) is 10.3. The van der Waals surface area contributed by atoms with E-state index < -0.39 is 0 Å². The maximum Gasteiger partial charge on any atom is 0.0741 e. The maximum absolute atomic E-state index is 3.76. The predicted molar refractivity (Wildman–Crippen MR) is 69.0 cm³/mol. The Morgan fingerprint density at radius 2 is 2.27 bits per heavy atom. The Hall–Kier alpha value is 0.140. The summed E-state index contributed by atoms with van der Waals surface area (Å²) in [5, 5.41) is 3.56. The highest BCUT2D eigenvalue weighted by atomic mass is 79.9. The molecule has 1 N–H and O–H groups in total. The molecule has 1 atom stereocenters. The second kappa shape index (κ2) is 3.31. The van der Waals surface area contributed by atoms with Crippen molar-refractivity contribution in [2.45, 2.75) is 38.0 Å². The van der Waals surface area contributed by atoms with Gasteiger partial charge in [-0.05, 0) is 57.8 Å². The molecule has 0 fully saturated rings. The first-order valence-electron chi connectivity index (χ1n) is 5.62. The van der Waals surface area contributed by atoms with E-state index in [9.17, 15) is 0 Å². The van der Waals surface area contributed by atoms with Crippen molar-refractivity contribution in [3.8, 4) is 0 Å². The van der Waals surface area contributed by atoms with E-state index in [1.807, 2.05) is 11.3 Å². The van der Waals surface area contributed by atoms with Gasteiger partial charge in [0.2, 0.25) is 0 Å². The number of rotatable bonds is 0. The summed E-state index contributed by atoms with van der Waals surface area (Å²) in [5.41, 5.74) is 3.66. The van der Waals surface area contributed by atoms with Gasteiger partial charge in [0.15, 0.2) is 0 Å². The van der Waals surface area contributed by atoms with Crippen LogP contribution in [-0.4, -0.2) is 13.1 Å². The fraction of sp³-hybridized carbons (Fsp3) is 0.667. The van der Waals surface area contributed by atoms with Gasteiger partial charge in [0.1, 0.15) is 0 Å². The summed E-state index contributed by atoms with van der Waals surface area (Å²) in [6, 6.07) is 0. The SMILES string of the molecule is CC1(C)C[C@@H]2CNCCc3sc(Br)c1c32. The van der Waals surface area contributed by atoms with E-state index in [1.54, 1.807) is 16.0 Å². The van der Waals surface area contributed by atoms with Crippen LogP contribution in [0.15, 0.2) is 3.79 Å². The molecule has 0 saturated carbocycles. The summed E-state index contributed by atoms with van der Waals surface area (Å²) in [7, 11) is 0. The second-order valence-corrected chi connectivity index (χ2v) is 7.75. The number of hydrogen-bond donors (Lipinski definition) is 1. The second-order valence-electron chi connectivity index (χ2n) is 5.33. The van der Waals surface area contributed by atoms with Gasteiger partial charge in [0, 0.05) is 11.4 Å². The molecule has 82 valence electrons. The van der Waals surface area contributed by atoms with Crippen LogP contribution >= 0.6 is 27.3 Å². The van der Waals surface area contributed by atoms with Gasteiger partial charge in [-0.25, -0.2) is 0 Å². The van der Waals surface area contributed by atoms with E-state index in [4.69, 9.17) is 0 Å². The molecule has 1 aliphatic carbocycles. The molecule has 0 amide bonds. The van der Waals surface area contributed by atoms with Crippen LogP contribution in [0.1, 0.15) is 42.2 Å². The molecule has 1 aromatic rings. The molecule has 0 radical (unpaired) electrons. The van der Waals surface area contributed by atoms with E-state index in [0.29, 0.717) is 5.41 Å². The molecule has 0 aromatic carbocycles. The average Bonchev–Trinajstić information content (AvgIpc) is 2.53. The smallest absolute Gasteiger partial charge is 0.0741 e. The van der Waals surface area contributed by atoms with E-state index in [1.165, 1.54) is 23.2 Å². The lowest BCUT2D eigenvalue weighted by Crippen LogP contribution is -2.21. The van der Waals surface area contributed by atoms with Crippen molar-refractivity contribution >= 4 is 27.3 Å². The van der Waals surface area contributed by atoms with Crippen molar-refractivity contribution in [1.29, 1.82) is 0 Å². The quantitative estimate of drug-likeness (QED) is 0.770. The van der Waals surface area contributed by atoms with Crippen LogP contribution in [0.25, 0.3) is 0 Å². The zero-order valence-electron chi connectivity index (χ0n) is 9.19. The molecule has 3 heteroatoms. The summed E-state index contributed by atoms with van der Waals surface area (Å²) in [5.74, 6) is 0.759. The Bertz CT molecular complexity index is 408. The van der Waals surface area contributed by atoms with Crippen LogP contribution in [0, 0.1) is 0 Å². The van der Waals surface area contributed by atoms with E-state index in [0.717, 1.165) is 12.5 Å². The maximum atomic E-state index is 3.76. The minimum Gasteiger partial charge on any atom is -0.316 e. The Morgan fingerprint density at radius 1 is 1.47 bits per heavy atom. The molecular weight excluding hydrogens is 270 g/mol.